The number of allylic oxidation sites excluding steroid dienone is 1. The first kappa shape index (κ1) is 36.4. The van der Waals surface area contributed by atoms with Gasteiger partial charge in [0.1, 0.15) is 0 Å². The fourth-order valence-corrected chi connectivity index (χ4v) is 8.49. The molecule has 53 heavy (non-hydrogen) atoms. The first-order valence-electron chi connectivity index (χ1n) is 17.6. The van der Waals surface area contributed by atoms with Crippen LogP contribution in [-0.4, -0.2) is 46.1 Å². The lowest BCUT2D eigenvalue weighted by molar-refractivity contribution is -0.124. The normalized spacial score (nSPS) is 14.0. The maximum Gasteiger partial charge on any atom is 0.284 e. The second-order valence-corrected chi connectivity index (χ2v) is 15.1. The molecule has 1 atom stereocenters. The first-order chi connectivity index (χ1) is 26.0. The molecule has 11 heteroatoms. The van der Waals surface area contributed by atoms with Crippen molar-refractivity contribution >= 4 is 45.8 Å². The maximum atomic E-state index is 11.7. The molecule has 0 spiro atoms. The zero-order valence-corrected chi connectivity index (χ0v) is 30.7. The number of carbonyl (C=O) groups excluding carboxylic acids is 2. The molecule has 7 rings (SSSR count). The fourth-order valence-electron chi connectivity index (χ4n) is 6.60. The summed E-state index contributed by atoms with van der Waals surface area (Å²) < 4.78 is 0. The van der Waals surface area contributed by atoms with Crippen LogP contribution in [0.3, 0.4) is 0 Å². The molecule has 1 unspecified atom stereocenters. The number of nitrogens with one attached hydrogen (secondary N) is 5. The van der Waals surface area contributed by atoms with Crippen molar-refractivity contribution in [2.75, 3.05) is 18.8 Å². The molecule has 0 fully saturated rings. The van der Waals surface area contributed by atoms with Crippen LogP contribution in [0.5, 0.6) is 0 Å². The van der Waals surface area contributed by atoms with Gasteiger partial charge in [0, 0.05) is 41.9 Å². The van der Waals surface area contributed by atoms with Gasteiger partial charge >= 0.3 is 0 Å². The Kier molecular flexibility index (Phi) is 11.8. The molecule has 1 aliphatic rings. The van der Waals surface area contributed by atoms with E-state index in [4.69, 9.17) is 10.4 Å². The van der Waals surface area contributed by atoms with Gasteiger partial charge < -0.3 is 15.6 Å². The number of H-pyrrole nitrogens is 1. The molecule has 0 saturated carbocycles. The Balaban J connectivity index is 0.884. The number of aromatic nitrogens is 1. The number of hydrogen-bond acceptors (Lipinski definition) is 8. The van der Waals surface area contributed by atoms with Crippen LogP contribution in [-0.2, 0) is 30.7 Å². The molecular formula is C42H41N5O4S2. The predicted molar refractivity (Wildman–Crippen MR) is 213 cm³/mol. The van der Waals surface area contributed by atoms with Crippen LogP contribution >= 0.6 is 23.1 Å². The van der Waals surface area contributed by atoms with Gasteiger partial charge in [-0.2, -0.15) is 0 Å². The molecule has 4 aromatic carbocycles. The quantitative estimate of drug-likeness (QED) is 0.0327. The van der Waals surface area contributed by atoms with Crippen molar-refractivity contribution in [3.8, 4) is 22.3 Å². The molecule has 3 heterocycles. The molecule has 2 aromatic heterocycles. The molecule has 9 nitrogen and oxygen atoms in total. The maximum absolute atomic E-state index is 11.7. The van der Waals surface area contributed by atoms with E-state index in [1.807, 2.05) is 11.5 Å². The summed E-state index contributed by atoms with van der Waals surface area (Å²) in [5.41, 5.74) is 15.1. The number of carbonyl (C=O) groups is 2. The minimum absolute atomic E-state index is 0.169. The molecule has 2 amide bonds. The minimum atomic E-state index is -0.494. The van der Waals surface area contributed by atoms with Crippen LogP contribution in [0.4, 0.5) is 0 Å². The largest absolute Gasteiger partial charge is 0.361 e. The SMILES string of the molecule is O=C(NO)C1=CC(c2ccc(CNCCc3c[nH]c4ccc(-c5cccc(CCNCc6ccc(-c7csc(C(=O)NO)c7)cc6)c5)cc34)cc2)CS1. The standard InChI is InChI=1S/C42H41N5O4S2/c48-41(46-50)39-20-35(25-52-39)30-8-4-28(5-9-30)22-43-16-14-27-2-1-3-32(18-27)33-12-13-38-37(19-33)34(24-45-38)15-17-44-23-29-6-10-31(11-7-29)36-21-40(53-26-36)42(49)47-51/h1-13,18-21,24-25,36,43-45,50-51H,14-17,22-23,26H2,(H,46,48)(H,47,49). The number of thiophene rings is 1. The van der Waals surface area contributed by atoms with Gasteiger partial charge in [0.2, 0.25) is 0 Å². The zero-order valence-electron chi connectivity index (χ0n) is 29.0. The van der Waals surface area contributed by atoms with Crippen LogP contribution in [0.2, 0.25) is 0 Å². The number of aromatic amines is 1. The molecule has 1 aliphatic heterocycles. The number of fused-ring (bicyclic) bond motifs is 1. The Morgan fingerprint density at radius 3 is 2.17 bits per heavy atom. The summed E-state index contributed by atoms with van der Waals surface area (Å²) in [6, 6.07) is 34.1. The van der Waals surface area contributed by atoms with Crippen molar-refractivity contribution < 1.29 is 20.0 Å². The smallest absolute Gasteiger partial charge is 0.284 e. The van der Waals surface area contributed by atoms with Crippen LogP contribution in [0.15, 0.2) is 120 Å². The Bertz CT molecular complexity index is 2230. The number of rotatable bonds is 15. The Morgan fingerprint density at radius 1 is 0.717 bits per heavy atom. The Morgan fingerprint density at radius 2 is 1.42 bits per heavy atom. The van der Waals surface area contributed by atoms with E-state index in [2.05, 4.69) is 113 Å². The van der Waals surface area contributed by atoms with Crippen LogP contribution < -0.4 is 21.6 Å². The van der Waals surface area contributed by atoms with Gasteiger partial charge in [-0.15, -0.1) is 23.1 Å². The molecule has 6 aromatic rings. The molecule has 7 N–H and O–H groups in total. The van der Waals surface area contributed by atoms with E-state index in [-0.39, 0.29) is 5.92 Å². The van der Waals surface area contributed by atoms with Crippen molar-refractivity contribution in [1.29, 1.82) is 0 Å². The van der Waals surface area contributed by atoms with E-state index >= 15 is 0 Å². The van der Waals surface area contributed by atoms with Crippen LogP contribution in [0, 0.1) is 0 Å². The molecule has 0 saturated heterocycles. The summed E-state index contributed by atoms with van der Waals surface area (Å²) in [5, 5.41) is 28.1. The van der Waals surface area contributed by atoms with Crippen molar-refractivity contribution in [2.45, 2.75) is 31.8 Å². The van der Waals surface area contributed by atoms with Crippen LogP contribution in [0.25, 0.3) is 33.2 Å². The highest BCUT2D eigenvalue weighted by Crippen LogP contribution is 2.36. The summed E-state index contributed by atoms with van der Waals surface area (Å²) in [4.78, 5) is 27.8. The highest BCUT2D eigenvalue weighted by atomic mass is 32.2. The second kappa shape index (κ2) is 17.2. The lowest BCUT2D eigenvalue weighted by atomic mass is 9.99. The summed E-state index contributed by atoms with van der Waals surface area (Å²) >= 11 is 2.77. The third-order valence-electron chi connectivity index (χ3n) is 9.56. The lowest BCUT2D eigenvalue weighted by Gasteiger charge is -2.10. The molecule has 0 radical (unpaired) electrons. The molecule has 0 aliphatic carbocycles. The third kappa shape index (κ3) is 8.97. The predicted octanol–water partition coefficient (Wildman–Crippen LogP) is 7.57. The van der Waals surface area contributed by atoms with Crippen molar-refractivity contribution in [3.05, 3.63) is 152 Å². The monoisotopic (exact) mass is 743 g/mol. The van der Waals surface area contributed by atoms with Gasteiger partial charge in [0.05, 0.1) is 9.78 Å². The van der Waals surface area contributed by atoms with Gasteiger partial charge in [-0.3, -0.25) is 20.0 Å². The van der Waals surface area contributed by atoms with E-state index in [0.29, 0.717) is 9.78 Å². The second-order valence-electron chi connectivity index (χ2n) is 13.1. The number of hydroxylamine groups is 2. The van der Waals surface area contributed by atoms with Crippen molar-refractivity contribution in [1.82, 2.24) is 26.6 Å². The molecular weight excluding hydrogens is 703 g/mol. The van der Waals surface area contributed by atoms with Crippen molar-refractivity contribution in [3.63, 3.8) is 0 Å². The third-order valence-corrected chi connectivity index (χ3v) is 11.7. The van der Waals surface area contributed by atoms with E-state index in [0.717, 1.165) is 61.4 Å². The minimum Gasteiger partial charge on any atom is -0.361 e. The summed E-state index contributed by atoms with van der Waals surface area (Å²) in [6.45, 7) is 3.26. The highest BCUT2D eigenvalue weighted by molar-refractivity contribution is 8.04. The van der Waals surface area contributed by atoms with Gasteiger partial charge in [0.15, 0.2) is 0 Å². The van der Waals surface area contributed by atoms with E-state index < -0.39 is 11.8 Å². The first-order valence-corrected chi connectivity index (χ1v) is 19.4. The average molecular weight is 744 g/mol. The van der Waals surface area contributed by atoms with Crippen molar-refractivity contribution in [2.24, 2.45) is 0 Å². The topological polar surface area (TPSA) is 139 Å². The summed E-state index contributed by atoms with van der Waals surface area (Å²) in [7, 11) is 0. The van der Waals surface area contributed by atoms with E-state index in [1.54, 1.807) is 17.0 Å². The molecule has 270 valence electrons. The number of benzene rings is 4. The zero-order chi connectivity index (χ0) is 36.6. The highest BCUT2D eigenvalue weighted by Gasteiger charge is 2.22. The van der Waals surface area contributed by atoms with E-state index in [9.17, 15) is 9.59 Å². The number of hydrogen-bond donors (Lipinski definition) is 7. The molecule has 0 bridgehead atoms. The number of thioether (sulfide) groups is 1. The van der Waals surface area contributed by atoms with Gasteiger partial charge in [-0.05, 0) is 99.6 Å². The fraction of sp³-hybridized carbons (Fsp3) is 0.190. The van der Waals surface area contributed by atoms with Crippen LogP contribution in [0.1, 0.15) is 43.4 Å². The van der Waals surface area contributed by atoms with Gasteiger partial charge in [0.25, 0.3) is 11.8 Å². The Labute approximate surface area is 316 Å². The summed E-state index contributed by atoms with van der Waals surface area (Å²) in [6.07, 6.45) is 5.87. The summed E-state index contributed by atoms with van der Waals surface area (Å²) in [5.74, 6) is 0.0281. The van der Waals surface area contributed by atoms with Gasteiger partial charge in [-0.25, -0.2) is 11.0 Å². The lowest BCUT2D eigenvalue weighted by Crippen LogP contribution is -2.18. The number of amides is 2. The van der Waals surface area contributed by atoms with Gasteiger partial charge in [-0.1, -0.05) is 84.9 Å². The average Bonchev–Trinajstić information content (AvgIpc) is 3.99. The Hall–Kier alpha value is -5.01. The van der Waals surface area contributed by atoms with E-state index in [1.165, 1.54) is 67.4 Å².